The van der Waals surface area contributed by atoms with E-state index in [-0.39, 0.29) is 16.4 Å². The van der Waals surface area contributed by atoms with Gasteiger partial charge < -0.3 is 0 Å². The highest BCUT2D eigenvalue weighted by molar-refractivity contribution is 7.85. The monoisotopic (exact) mass is 228 g/mol. The summed E-state index contributed by atoms with van der Waals surface area (Å²) >= 11 is 0. The molecule has 0 bridgehead atoms. The topological polar surface area (TPSA) is 54.4 Å². The molecule has 0 unspecified atom stereocenters. The van der Waals surface area contributed by atoms with Crippen molar-refractivity contribution in [1.29, 1.82) is 0 Å². The lowest BCUT2D eigenvalue weighted by Gasteiger charge is -2.07. The first kappa shape index (κ1) is 8.30. The molecule has 15 heavy (non-hydrogen) atoms. The van der Waals surface area contributed by atoms with Crippen molar-refractivity contribution in [3.63, 3.8) is 0 Å². The van der Waals surface area contributed by atoms with E-state index in [1.807, 2.05) is 0 Å². The molecule has 0 aliphatic heterocycles. The summed E-state index contributed by atoms with van der Waals surface area (Å²) in [5.74, 6) is -0.148. The molecule has 1 aliphatic carbocycles. The van der Waals surface area contributed by atoms with Gasteiger partial charge in [-0.15, -0.1) is 0 Å². The minimum atomic E-state index is -4.38. The molecule has 1 aromatic carbocycles. The summed E-state index contributed by atoms with van der Waals surface area (Å²) in [4.78, 5) is -0.319. The van der Waals surface area contributed by atoms with Crippen molar-refractivity contribution in [1.82, 2.24) is 0 Å². The predicted molar refractivity (Wildman–Crippen MR) is 57.4 cm³/mol. The van der Waals surface area contributed by atoms with Crippen molar-refractivity contribution in [3.05, 3.63) is 29.3 Å². The lowest BCUT2D eigenvalue weighted by atomic mass is 10.1. The highest BCUT2D eigenvalue weighted by Crippen LogP contribution is 2.34. The van der Waals surface area contributed by atoms with E-state index >= 15 is 0 Å². The number of hydrogen-bond acceptors (Lipinski definition) is 2. The van der Waals surface area contributed by atoms with Gasteiger partial charge in [0.1, 0.15) is 0 Å². The summed E-state index contributed by atoms with van der Waals surface area (Å²) in [5.41, 5.74) is 0.847. The molecule has 2 rings (SSSR count). The maximum Gasteiger partial charge on any atom is 0.294 e. The van der Waals surface area contributed by atoms with Gasteiger partial charge in [-0.05, 0) is 43.7 Å². The van der Waals surface area contributed by atoms with Crippen molar-refractivity contribution in [2.24, 2.45) is 5.92 Å². The Morgan fingerprint density at radius 3 is 2.73 bits per heavy atom. The van der Waals surface area contributed by atoms with Crippen molar-refractivity contribution >= 4 is 10.1 Å². The molecule has 4 heteroatoms. The highest BCUT2D eigenvalue weighted by Gasteiger charge is 2.25. The molecule has 0 saturated heterocycles. The summed E-state index contributed by atoms with van der Waals surface area (Å²) in [5, 5.41) is 0. The summed E-state index contributed by atoms with van der Waals surface area (Å²) < 4.78 is 47.6. The molecule has 0 radical (unpaired) electrons. The summed E-state index contributed by atoms with van der Waals surface area (Å²) in [6.07, 6.45) is -0.186. The van der Waals surface area contributed by atoms with E-state index in [1.165, 1.54) is 12.1 Å². The zero-order chi connectivity index (χ0) is 12.8. The summed E-state index contributed by atoms with van der Waals surface area (Å²) in [7, 11) is -4.38. The Balaban J connectivity index is 2.62. The van der Waals surface area contributed by atoms with Gasteiger partial charge in [-0.3, -0.25) is 4.55 Å². The van der Waals surface area contributed by atoms with Crippen LogP contribution < -0.4 is 0 Å². The van der Waals surface area contributed by atoms with Crippen molar-refractivity contribution in [2.45, 2.75) is 31.0 Å². The lowest BCUT2D eigenvalue weighted by Crippen LogP contribution is -2.04. The lowest BCUT2D eigenvalue weighted by molar-refractivity contribution is 0.481. The van der Waals surface area contributed by atoms with E-state index in [4.69, 9.17) is 7.29 Å². The predicted octanol–water partition coefficient (Wildman–Crippen LogP) is 2.19. The van der Waals surface area contributed by atoms with Gasteiger partial charge >= 0.3 is 0 Å². The van der Waals surface area contributed by atoms with Crippen molar-refractivity contribution < 1.29 is 15.7 Å². The number of benzene rings is 1. The van der Waals surface area contributed by atoms with Gasteiger partial charge in [-0.2, -0.15) is 8.42 Å². The van der Waals surface area contributed by atoms with E-state index in [1.54, 1.807) is 13.0 Å². The fourth-order valence-electron chi connectivity index (χ4n) is 1.43. The average molecular weight is 228 g/mol. The molecule has 1 saturated carbocycles. The summed E-state index contributed by atoms with van der Waals surface area (Å²) in [6.45, 7) is 1.76. The Morgan fingerprint density at radius 2 is 2.20 bits per heavy atom. The molecule has 1 fully saturated rings. The molecule has 1 aromatic rings. The zero-order valence-corrected chi connectivity index (χ0v) is 9.21. The third-order valence-electron chi connectivity index (χ3n) is 2.35. The second-order valence-corrected chi connectivity index (χ2v) is 5.28. The van der Waals surface area contributed by atoms with Gasteiger partial charge in [0.15, 0.2) is 0 Å². The molecule has 1 aliphatic rings. The zero-order valence-electron chi connectivity index (χ0n) is 10.4. The van der Waals surface area contributed by atoms with Crippen LogP contribution in [0.3, 0.4) is 0 Å². The number of rotatable bonds is 3. The molecule has 3 nitrogen and oxygen atoms in total. The van der Waals surface area contributed by atoms with Gasteiger partial charge in [0, 0.05) is 2.74 Å². The Bertz CT molecular complexity index is 548. The molecule has 0 atom stereocenters. The van der Waals surface area contributed by atoms with E-state index in [9.17, 15) is 8.42 Å². The Kier molecular flexibility index (Phi) is 2.00. The van der Waals surface area contributed by atoms with E-state index in [0.29, 0.717) is 0 Å². The Hall–Kier alpha value is -0.870. The van der Waals surface area contributed by atoms with Gasteiger partial charge in [-0.1, -0.05) is 17.7 Å². The van der Waals surface area contributed by atoms with Crippen molar-refractivity contribution in [2.75, 3.05) is 0 Å². The van der Waals surface area contributed by atoms with Crippen LogP contribution in [-0.2, 0) is 16.5 Å². The molecule has 1 N–H and O–H groups in total. The maximum absolute atomic E-state index is 11.2. The average Bonchev–Trinajstić information content (AvgIpc) is 2.98. The normalized spacial score (nSPS) is 19.6. The van der Waals surface area contributed by atoms with Crippen LogP contribution in [0.25, 0.3) is 0 Å². The number of aryl methyl sites for hydroxylation is 1. The van der Waals surface area contributed by atoms with E-state index in [2.05, 4.69) is 0 Å². The van der Waals surface area contributed by atoms with E-state index < -0.39 is 16.5 Å². The van der Waals surface area contributed by atoms with Crippen LogP contribution in [0.1, 0.15) is 26.7 Å². The Morgan fingerprint density at radius 1 is 1.53 bits per heavy atom. The summed E-state index contributed by atoms with van der Waals surface area (Å²) in [6, 6.07) is 4.32. The molecule has 0 heterocycles. The molecular weight excluding hydrogens is 212 g/mol. The fourth-order valence-corrected chi connectivity index (χ4v) is 2.06. The Labute approximate surface area is 92.7 Å². The highest BCUT2D eigenvalue weighted by atomic mass is 32.2. The van der Waals surface area contributed by atoms with E-state index in [0.717, 1.165) is 18.4 Å². The van der Waals surface area contributed by atoms with Gasteiger partial charge in [-0.25, -0.2) is 0 Å². The molecule has 0 spiro atoms. The van der Waals surface area contributed by atoms with Crippen LogP contribution in [-0.4, -0.2) is 13.0 Å². The van der Waals surface area contributed by atoms with Gasteiger partial charge in [0.05, 0.1) is 4.90 Å². The smallest absolute Gasteiger partial charge is 0.282 e. The van der Waals surface area contributed by atoms with Crippen molar-refractivity contribution in [3.8, 4) is 0 Å². The van der Waals surface area contributed by atoms with Crippen LogP contribution in [0.15, 0.2) is 23.1 Å². The van der Waals surface area contributed by atoms with Gasteiger partial charge in [0.2, 0.25) is 0 Å². The van der Waals surface area contributed by atoms with Crippen LogP contribution in [0.5, 0.6) is 0 Å². The standard InChI is InChI=1S/C11H14O3S/c1-8-2-5-11(15(12,13)14)10(6-8)7-9-3-4-9/h2,5-6,9H,3-4,7H2,1H3,(H,12,13,14)/i7D2. The van der Waals surface area contributed by atoms with Crippen LogP contribution in [0.2, 0.25) is 0 Å². The van der Waals surface area contributed by atoms with Crippen LogP contribution in [0, 0.1) is 12.8 Å². The SMILES string of the molecule is [2H]C([2H])(c1cc(C)ccc1S(=O)(=O)O)C1CC1. The first-order valence-corrected chi connectivity index (χ1v) is 6.25. The fraction of sp³-hybridized carbons (Fsp3) is 0.455. The minimum absolute atomic E-state index is 0.0718. The third kappa shape index (κ3) is 2.58. The second kappa shape index (κ2) is 3.61. The van der Waals surface area contributed by atoms with Crippen LogP contribution >= 0.6 is 0 Å². The largest absolute Gasteiger partial charge is 0.294 e. The van der Waals surface area contributed by atoms with Gasteiger partial charge in [0.25, 0.3) is 10.1 Å². The van der Waals surface area contributed by atoms with Crippen LogP contribution in [0.4, 0.5) is 0 Å². The first-order chi connectivity index (χ1) is 7.73. The molecule has 0 amide bonds. The maximum atomic E-state index is 11.2. The molecule has 82 valence electrons. The minimum Gasteiger partial charge on any atom is -0.282 e. The molecular formula is C11H14O3S. The quantitative estimate of drug-likeness (QED) is 0.807. The number of hydrogen-bond donors (Lipinski definition) is 1. The molecule has 0 aromatic heterocycles. The second-order valence-electron chi connectivity index (χ2n) is 3.89. The third-order valence-corrected chi connectivity index (χ3v) is 3.26. The first-order valence-electron chi connectivity index (χ1n) is 5.81.